The first-order chi connectivity index (χ1) is 60.1. The van der Waals surface area contributed by atoms with Gasteiger partial charge in [-0.1, -0.05) is 242 Å². The predicted octanol–water partition coefficient (Wildman–Crippen LogP) is 24.5. The molecule has 0 radical (unpaired) electrons. The van der Waals surface area contributed by atoms with E-state index >= 15 is 0 Å². The zero-order chi connectivity index (χ0) is 82.2. The van der Waals surface area contributed by atoms with Crippen LogP contribution in [0.2, 0.25) is 0 Å². The van der Waals surface area contributed by atoms with Crippen LogP contribution in [-0.4, -0.2) is 93.7 Å². The summed E-state index contributed by atoms with van der Waals surface area (Å²) in [5.74, 6) is 0.495. The van der Waals surface area contributed by atoms with Crippen LogP contribution >= 0.6 is 34.6 Å². The molecule has 26 rings (SSSR count). The Kier molecular flexibility index (Phi) is 30.7. The Morgan fingerprint density at radius 1 is 0.372 bits per heavy atom. The molecule has 11 aromatic carbocycles. The minimum Gasteiger partial charge on any atom is -0.464 e. The minimum absolute atomic E-state index is 0.426. The van der Waals surface area contributed by atoms with Gasteiger partial charge < -0.3 is 28.8 Å². The number of para-hydroxylation sites is 10. The van der Waals surface area contributed by atoms with E-state index in [-0.39, 0.29) is 0 Å². The van der Waals surface area contributed by atoms with Gasteiger partial charge >= 0.3 is 0 Å². The van der Waals surface area contributed by atoms with E-state index in [4.69, 9.17) is 13.4 Å². The molecule has 4 unspecified atom stereocenters. The number of benzene rings is 11. The topological polar surface area (TPSA) is 250 Å². The summed E-state index contributed by atoms with van der Waals surface area (Å²) >= 11 is 5.12. The SMILES string of the molecule is C1=CC2C=NNC2C=C1.C1=CC2N=CSC2C=C1.c1ccc2[nH]ccc2c1.c1ccc2[nH]cnc2c1.c1ccc2ncccc2c1.c1ccc2ncncc2c1.c1ccc2ncncc2c1.c1ccc2nnccc2c1.c1ccc2occc2c1.c1ccc2ocnc2c1.c1ccc2oncc2c1.c1ccc2sccc2c1.c1ccc2sncc2c1. The summed E-state index contributed by atoms with van der Waals surface area (Å²) in [6, 6.07) is 101. The number of pyridine rings is 1. The quantitative estimate of drug-likeness (QED) is 0.128. The molecule has 22 aromatic rings. The number of aromatic nitrogens is 13. The molecule has 121 heavy (non-hydrogen) atoms. The molecule has 0 spiro atoms. The monoisotopic (exact) mass is 1640 g/mol. The number of hydrogen-bond donors (Lipinski definition) is 3. The van der Waals surface area contributed by atoms with E-state index in [1.54, 1.807) is 60.7 Å². The van der Waals surface area contributed by atoms with Gasteiger partial charge in [0.05, 0.1) is 85.7 Å². The summed E-state index contributed by atoms with van der Waals surface area (Å²) in [7, 11) is 0. The number of thioether (sulfide) groups is 1. The van der Waals surface area contributed by atoms with Crippen molar-refractivity contribution in [2.75, 3.05) is 0 Å². The lowest BCUT2D eigenvalue weighted by Gasteiger charge is -2.11. The van der Waals surface area contributed by atoms with Gasteiger partial charge in [-0.25, -0.2) is 29.9 Å². The van der Waals surface area contributed by atoms with Crippen molar-refractivity contribution in [3.05, 3.63) is 432 Å². The molecule has 2 aliphatic heterocycles. The number of aliphatic imine (C=N–C) groups is 1. The Bertz CT molecular complexity index is 5580. The highest BCUT2D eigenvalue weighted by Crippen LogP contribution is 2.27. The summed E-state index contributed by atoms with van der Waals surface area (Å²) in [6.45, 7) is 0. The average Bonchev–Trinajstić information content (AvgIpc) is 1.38. The Morgan fingerprint density at radius 2 is 0.959 bits per heavy atom. The Balaban J connectivity index is 0.000000107. The first-order valence-corrected chi connectivity index (χ1v) is 41.2. The highest BCUT2D eigenvalue weighted by Gasteiger charge is 2.21. The first-order valence-electron chi connectivity index (χ1n) is 38.6. The zero-order valence-corrected chi connectivity index (χ0v) is 67.7. The number of rotatable bonds is 0. The van der Waals surface area contributed by atoms with Crippen molar-refractivity contribution in [1.82, 2.24) is 70.0 Å². The van der Waals surface area contributed by atoms with E-state index in [0.29, 0.717) is 23.3 Å². The first kappa shape index (κ1) is 82.2. The average molecular weight is 1640 g/mol. The second-order valence-corrected chi connectivity index (χ2v) is 29.1. The highest BCUT2D eigenvalue weighted by atomic mass is 32.2. The smallest absolute Gasteiger partial charge is 0.181 e. The maximum absolute atomic E-state index is 5.12. The zero-order valence-electron chi connectivity index (χ0n) is 65.2. The lowest BCUT2D eigenvalue weighted by atomic mass is 9.98. The number of allylic oxidation sites excluding steroid dienone is 4. The molecular weight excluding hydrogens is 1560 g/mol. The van der Waals surface area contributed by atoms with Gasteiger partial charge in [0.25, 0.3) is 0 Å². The van der Waals surface area contributed by atoms with Crippen LogP contribution in [0.4, 0.5) is 0 Å². The predicted molar refractivity (Wildman–Crippen MR) is 500 cm³/mol. The second-order valence-electron chi connectivity index (χ2n) is 26.3. The molecule has 11 aromatic heterocycles. The number of H-pyrrole nitrogens is 2. The molecule has 4 aliphatic rings. The van der Waals surface area contributed by atoms with Crippen LogP contribution in [0, 0.1) is 5.92 Å². The van der Waals surface area contributed by atoms with E-state index in [9.17, 15) is 0 Å². The molecule has 0 saturated carbocycles. The third-order valence-corrected chi connectivity index (χ3v) is 20.9. The Hall–Kier alpha value is -15.4. The molecule has 4 atom stereocenters. The number of nitrogens with one attached hydrogen (secondary N) is 3. The fourth-order valence-corrected chi connectivity index (χ4v) is 14.3. The Morgan fingerprint density at radius 3 is 1.64 bits per heavy atom. The van der Waals surface area contributed by atoms with Gasteiger partial charge in [-0.05, 0) is 143 Å². The molecule has 592 valence electrons. The molecule has 0 fully saturated rings. The summed E-state index contributed by atoms with van der Waals surface area (Å²) < 4.78 is 21.7. The number of thiophene rings is 1. The number of furan rings is 1. The Labute approximate surface area is 709 Å². The van der Waals surface area contributed by atoms with Gasteiger partial charge in [-0.2, -0.15) is 19.7 Å². The van der Waals surface area contributed by atoms with E-state index < -0.39 is 0 Å². The van der Waals surface area contributed by atoms with Crippen LogP contribution in [0.15, 0.2) is 456 Å². The molecule has 19 nitrogen and oxygen atoms in total. The molecular formula is C99H80N16O3S3. The molecule has 13 heterocycles. The maximum Gasteiger partial charge on any atom is 0.181 e. The van der Waals surface area contributed by atoms with E-state index in [0.717, 1.165) is 82.3 Å². The van der Waals surface area contributed by atoms with Gasteiger partial charge in [0.2, 0.25) is 0 Å². The number of imidazole rings is 1. The lowest BCUT2D eigenvalue weighted by Crippen LogP contribution is -2.24. The van der Waals surface area contributed by atoms with Crippen molar-refractivity contribution in [1.29, 1.82) is 0 Å². The van der Waals surface area contributed by atoms with Crippen molar-refractivity contribution in [3.63, 3.8) is 0 Å². The van der Waals surface area contributed by atoms with Crippen LogP contribution in [0.1, 0.15) is 0 Å². The molecule has 22 heteroatoms. The van der Waals surface area contributed by atoms with Crippen LogP contribution in [0.3, 0.4) is 0 Å². The molecule has 3 N–H and O–H groups in total. The number of oxazole rings is 1. The standard InChI is InChI=1S/C9H7N.3C8H6N2.C8H7N.C8H6O.C8H6S.C7H6N2.C7H8N2.2C7H5NO.C7H7NS.C7H5NS/c1-2-6-9-8(4-1)5-3-7-10-9;2*1-2-4-8-7(3-1)5-9-6-10-8;1-2-4-8-7(3-1)5-6-9-10-8;3*1-2-4-8-7(3-1)5-6-9-8;1-2-4-7-6(3-1)8-5-9-7;1-2-4-7-6(3-1)5-8-9-7;1-2-4-7-6(3-1)8-5-9-7;1-2-4-7-6(3-1)5-8-9-7;1-2-4-7-6(3-1)8-5-9-7;1-2-4-7-6(3-1)5-8-9-7/h1-7H;3*1-6H;1-6,9H;2*1-6H;1-5H,(H,8,9);1-7,9H;2*1-5H;1-7H;1-5H. The number of fused-ring (bicyclic) bond motifs is 13. The van der Waals surface area contributed by atoms with Gasteiger partial charge in [-0.3, -0.25) is 9.98 Å². The number of aromatic amines is 2. The van der Waals surface area contributed by atoms with Crippen molar-refractivity contribution in [2.45, 2.75) is 17.3 Å². The normalized spacial score (nSPS) is 14.1. The van der Waals surface area contributed by atoms with Crippen molar-refractivity contribution >= 4 is 165 Å². The molecule has 2 aliphatic carbocycles. The summed E-state index contributed by atoms with van der Waals surface area (Å²) in [5.41, 5.74) is 15.8. The van der Waals surface area contributed by atoms with E-state index in [1.165, 1.54) is 54.4 Å². The van der Waals surface area contributed by atoms with Crippen LogP contribution < -0.4 is 5.43 Å². The fraction of sp³-hybridized carbons (Fsp3) is 0.0404. The van der Waals surface area contributed by atoms with E-state index in [1.807, 2.05) is 279 Å². The number of hydrazone groups is 1. The summed E-state index contributed by atoms with van der Waals surface area (Å²) in [5, 5.41) is 28.6. The van der Waals surface area contributed by atoms with Gasteiger partial charge in [-0.15, -0.1) is 23.1 Å². The van der Waals surface area contributed by atoms with Crippen LogP contribution in [-0.2, 0) is 0 Å². The van der Waals surface area contributed by atoms with E-state index in [2.05, 4.69) is 201 Å². The van der Waals surface area contributed by atoms with Crippen LogP contribution in [0.25, 0.3) is 119 Å². The summed E-state index contributed by atoms with van der Waals surface area (Å²) in [4.78, 5) is 38.5. The number of nitrogens with zero attached hydrogens (tertiary/aromatic N) is 13. The maximum atomic E-state index is 5.12. The second kappa shape index (κ2) is 45.2. The highest BCUT2D eigenvalue weighted by molar-refractivity contribution is 8.13. The largest absolute Gasteiger partial charge is 0.464 e. The van der Waals surface area contributed by atoms with Crippen molar-refractivity contribution < 1.29 is 13.4 Å². The molecule has 0 bridgehead atoms. The minimum atomic E-state index is 0.426. The number of hydrogen-bond acceptors (Lipinski definition) is 20. The molecule has 0 amide bonds. The third-order valence-electron chi connectivity index (χ3n) is 18.2. The molecule has 0 saturated heterocycles. The fourth-order valence-electron chi connectivity index (χ4n) is 12.0. The van der Waals surface area contributed by atoms with Gasteiger partial charge in [0.15, 0.2) is 17.6 Å². The third kappa shape index (κ3) is 25.1. The van der Waals surface area contributed by atoms with Crippen LogP contribution in [0.5, 0.6) is 0 Å². The summed E-state index contributed by atoms with van der Waals surface area (Å²) in [6.07, 6.45) is 39.4. The van der Waals surface area contributed by atoms with Gasteiger partial charge in [0, 0.05) is 91.0 Å². The van der Waals surface area contributed by atoms with Gasteiger partial charge in [0.1, 0.15) is 23.8 Å². The van der Waals surface area contributed by atoms with Crippen molar-refractivity contribution in [2.24, 2.45) is 16.0 Å². The van der Waals surface area contributed by atoms with Crippen molar-refractivity contribution in [3.8, 4) is 0 Å². The lowest BCUT2D eigenvalue weighted by molar-refractivity contribution is 0.456.